The monoisotopic (exact) mass is 347 g/mol. The normalized spacial score (nSPS) is 27.3. The molecule has 1 aromatic rings. The van der Waals surface area contributed by atoms with Gasteiger partial charge in [0.05, 0.1) is 10.0 Å². The Balaban J connectivity index is 1.87. The number of fused-ring (bicyclic) bond motifs is 1. The molecule has 0 aromatic heterocycles. The Kier molecular flexibility index (Phi) is 4.51. The van der Waals surface area contributed by atoms with Crippen molar-refractivity contribution in [2.24, 2.45) is 11.8 Å². The van der Waals surface area contributed by atoms with E-state index in [9.17, 15) is 8.42 Å². The van der Waals surface area contributed by atoms with E-state index in [-0.39, 0.29) is 14.9 Å². The second-order valence-corrected chi connectivity index (χ2v) is 8.70. The van der Waals surface area contributed by atoms with Crippen LogP contribution in [0.4, 0.5) is 0 Å². The van der Waals surface area contributed by atoms with Crippen LogP contribution in [-0.4, -0.2) is 25.8 Å². The smallest absolute Gasteiger partial charge is 0.207 e. The Morgan fingerprint density at radius 1 is 1.05 bits per heavy atom. The summed E-state index contributed by atoms with van der Waals surface area (Å²) in [4.78, 5) is 0.130. The molecule has 2 aliphatic rings. The molecule has 3 rings (SSSR count). The van der Waals surface area contributed by atoms with Crippen molar-refractivity contribution in [2.75, 3.05) is 13.1 Å². The fourth-order valence-electron chi connectivity index (χ4n) is 3.61. The number of sulfonamides is 1. The van der Waals surface area contributed by atoms with E-state index in [0.717, 1.165) is 12.8 Å². The zero-order chi connectivity index (χ0) is 15.0. The first-order chi connectivity index (χ1) is 10.00. The lowest BCUT2D eigenvalue weighted by atomic mass is 9.76. The molecule has 1 saturated heterocycles. The van der Waals surface area contributed by atoms with Crippen LogP contribution in [0.2, 0.25) is 10.0 Å². The largest absolute Gasteiger partial charge is 0.244 e. The third-order valence-corrected chi connectivity index (χ3v) is 7.63. The molecule has 0 N–H and O–H groups in total. The molecule has 21 heavy (non-hydrogen) atoms. The average molecular weight is 348 g/mol. The second-order valence-electron chi connectivity index (χ2n) is 6.01. The minimum atomic E-state index is -3.55. The topological polar surface area (TPSA) is 37.4 Å². The van der Waals surface area contributed by atoms with Crippen LogP contribution in [0.5, 0.6) is 0 Å². The molecule has 0 radical (unpaired) electrons. The minimum absolute atomic E-state index is 0.130. The van der Waals surface area contributed by atoms with Crippen LogP contribution in [0, 0.1) is 11.8 Å². The molecule has 2 atom stereocenters. The van der Waals surface area contributed by atoms with Crippen LogP contribution in [0.1, 0.15) is 32.1 Å². The SMILES string of the molecule is O=S(=O)(c1cccc(Cl)c1Cl)N1CC[C@H]2CCCC[C@@H]2C1. The molecule has 1 aromatic carbocycles. The highest BCUT2D eigenvalue weighted by atomic mass is 35.5. The van der Waals surface area contributed by atoms with E-state index in [1.807, 2.05) is 0 Å². The van der Waals surface area contributed by atoms with Crippen molar-refractivity contribution in [3.8, 4) is 0 Å². The molecular formula is C15H19Cl2NO2S. The highest BCUT2D eigenvalue weighted by Crippen LogP contribution is 2.39. The van der Waals surface area contributed by atoms with Crippen LogP contribution in [0.15, 0.2) is 23.1 Å². The highest BCUT2D eigenvalue weighted by molar-refractivity contribution is 7.89. The summed E-state index contributed by atoms with van der Waals surface area (Å²) in [7, 11) is -3.55. The van der Waals surface area contributed by atoms with Crippen LogP contribution in [0.3, 0.4) is 0 Å². The lowest BCUT2D eigenvalue weighted by molar-refractivity contribution is 0.136. The number of hydrogen-bond donors (Lipinski definition) is 0. The molecule has 0 spiro atoms. The van der Waals surface area contributed by atoms with Gasteiger partial charge in [0, 0.05) is 13.1 Å². The van der Waals surface area contributed by atoms with Gasteiger partial charge in [-0.15, -0.1) is 0 Å². The van der Waals surface area contributed by atoms with Crippen molar-refractivity contribution in [3.63, 3.8) is 0 Å². The molecule has 1 aliphatic heterocycles. The zero-order valence-electron chi connectivity index (χ0n) is 11.8. The van der Waals surface area contributed by atoms with E-state index >= 15 is 0 Å². The zero-order valence-corrected chi connectivity index (χ0v) is 14.1. The van der Waals surface area contributed by atoms with Crippen LogP contribution in [-0.2, 0) is 10.0 Å². The van der Waals surface area contributed by atoms with Gasteiger partial charge in [-0.1, -0.05) is 48.5 Å². The van der Waals surface area contributed by atoms with Gasteiger partial charge < -0.3 is 0 Å². The van der Waals surface area contributed by atoms with E-state index in [1.165, 1.54) is 25.3 Å². The molecule has 3 nitrogen and oxygen atoms in total. The predicted octanol–water partition coefficient (Wildman–Crippen LogP) is 4.19. The quantitative estimate of drug-likeness (QED) is 0.803. The van der Waals surface area contributed by atoms with Crippen molar-refractivity contribution >= 4 is 33.2 Å². The summed E-state index contributed by atoms with van der Waals surface area (Å²) >= 11 is 12.1. The van der Waals surface area contributed by atoms with Gasteiger partial charge >= 0.3 is 0 Å². The third kappa shape index (κ3) is 2.96. The first-order valence-electron chi connectivity index (χ1n) is 7.44. The molecular weight excluding hydrogens is 329 g/mol. The summed E-state index contributed by atoms with van der Waals surface area (Å²) in [5.74, 6) is 1.19. The van der Waals surface area contributed by atoms with Crippen molar-refractivity contribution in [1.82, 2.24) is 4.31 Å². The summed E-state index contributed by atoms with van der Waals surface area (Å²) in [6.45, 7) is 1.21. The van der Waals surface area contributed by atoms with E-state index < -0.39 is 10.0 Å². The van der Waals surface area contributed by atoms with Gasteiger partial charge in [0.1, 0.15) is 4.90 Å². The maximum atomic E-state index is 12.8. The molecule has 116 valence electrons. The summed E-state index contributed by atoms with van der Waals surface area (Å²) in [6.07, 6.45) is 5.85. The molecule has 2 fully saturated rings. The van der Waals surface area contributed by atoms with Gasteiger partial charge in [-0.25, -0.2) is 8.42 Å². The van der Waals surface area contributed by atoms with Crippen molar-refractivity contribution in [2.45, 2.75) is 37.0 Å². The maximum Gasteiger partial charge on any atom is 0.244 e. The van der Waals surface area contributed by atoms with Crippen LogP contribution >= 0.6 is 23.2 Å². The van der Waals surface area contributed by atoms with Gasteiger partial charge in [-0.2, -0.15) is 4.31 Å². The lowest BCUT2D eigenvalue weighted by Gasteiger charge is -2.40. The van der Waals surface area contributed by atoms with Crippen molar-refractivity contribution < 1.29 is 8.42 Å². The molecule has 1 aliphatic carbocycles. The van der Waals surface area contributed by atoms with E-state index in [2.05, 4.69) is 0 Å². The highest BCUT2D eigenvalue weighted by Gasteiger charge is 2.37. The van der Waals surface area contributed by atoms with E-state index in [0.29, 0.717) is 24.9 Å². The Hall–Kier alpha value is -0.290. The Labute approximate surface area is 136 Å². The summed E-state index contributed by atoms with van der Waals surface area (Å²) < 4.78 is 27.2. The number of rotatable bonds is 2. The summed E-state index contributed by atoms with van der Waals surface area (Å²) in [5, 5.41) is 0.412. The van der Waals surface area contributed by atoms with Gasteiger partial charge in [0.15, 0.2) is 0 Å². The van der Waals surface area contributed by atoms with Gasteiger partial charge in [-0.05, 0) is 36.8 Å². The fraction of sp³-hybridized carbons (Fsp3) is 0.600. The summed E-state index contributed by atoms with van der Waals surface area (Å²) in [5.41, 5.74) is 0. The lowest BCUT2D eigenvalue weighted by Crippen LogP contribution is -2.44. The number of nitrogens with zero attached hydrogens (tertiary/aromatic N) is 1. The van der Waals surface area contributed by atoms with Gasteiger partial charge in [0.2, 0.25) is 10.0 Å². The molecule has 0 amide bonds. The van der Waals surface area contributed by atoms with Crippen molar-refractivity contribution in [1.29, 1.82) is 0 Å². The average Bonchev–Trinajstić information content (AvgIpc) is 2.49. The third-order valence-electron chi connectivity index (χ3n) is 4.79. The number of benzene rings is 1. The molecule has 1 heterocycles. The number of hydrogen-bond acceptors (Lipinski definition) is 2. The first-order valence-corrected chi connectivity index (χ1v) is 9.64. The maximum absolute atomic E-state index is 12.8. The Morgan fingerprint density at radius 2 is 1.76 bits per heavy atom. The van der Waals surface area contributed by atoms with E-state index in [4.69, 9.17) is 23.2 Å². The predicted molar refractivity (Wildman–Crippen MR) is 85.3 cm³/mol. The fourth-order valence-corrected chi connectivity index (χ4v) is 5.86. The second kappa shape index (κ2) is 6.07. The standard InChI is InChI=1S/C15H19Cl2NO2S/c16-13-6-3-7-14(15(13)17)21(19,20)18-9-8-11-4-1-2-5-12(11)10-18/h3,6-7,11-12H,1-2,4-5,8-10H2/t11-,12-/m1/s1. The number of halogens is 2. The molecule has 1 saturated carbocycles. The number of piperidine rings is 1. The van der Waals surface area contributed by atoms with E-state index in [1.54, 1.807) is 16.4 Å². The van der Waals surface area contributed by atoms with Crippen LogP contribution < -0.4 is 0 Å². The molecule has 0 unspecified atom stereocenters. The molecule has 6 heteroatoms. The van der Waals surface area contributed by atoms with Crippen molar-refractivity contribution in [3.05, 3.63) is 28.2 Å². The molecule has 0 bridgehead atoms. The summed E-state index contributed by atoms with van der Waals surface area (Å²) in [6, 6.07) is 4.78. The Morgan fingerprint density at radius 3 is 2.52 bits per heavy atom. The first kappa shape index (κ1) is 15.6. The van der Waals surface area contributed by atoms with Gasteiger partial charge in [-0.3, -0.25) is 0 Å². The van der Waals surface area contributed by atoms with Crippen LogP contribution in [0.25, 0.3) is 0 Å². The minimum Gasteiger partial charge on any atom is -0.207 e. The Bertz CT molecular complexity index is 633. The van der Waals surface area contributed by atoms with Gasteiger partial charge in [0.25, 0.3) is 0 Å².